The minimum Gasteiger partial charge on any atom is -0.322 e. The molecule has 24 heavy (non-hydrogen) atoms. The summed E-state index contributed by atoms with van der Waals surface area (Å²) in [5.41, 5.74) is 2.79. The lowest BCUT2D eigenvalue weighted by Crippen LogP contribution is -2.12. The summed E-state index contributed by atoms with van der Waals surface area (Å²) in [7, 11) is 0. The van der Waals surface area contributed by atoms with Crippen LogP contribution >= 0.6 is 11.6 Å². The lowest BCUT2D eigenvalue weighted by atomic mass is 10.2. The lowest BCUT2D eigenvalue weighted by molar-refractivity contribution is 0.102. The van der Waals surface area contributed by atoms with E-state index < -0.39 is 0 Å². The zero-order valence-electron chi connectivity index (χ0n) is 12.7. The second kappa shape index (κ2) is 7.53. The van der Waals surface area contributed by atoms with E-state index in [1.807, 2.05) is 24.3 Å². The van der Waals surface area contributed by atoms with Gasteiger partial charge in [-0.05, 0) is 48.0 Å². The Morgan fingerprint density at radius 2 is 1.83 bits per heavy atom. The average molecular weight is 336 g/mol. The molecule has 0 saturated carbocycles. The summed E-state index contributed by atoms with van der Waals surface area (Å²) in [4.78, 5) is 20.7. The van der Waals surface area contributed by atoms with E-state index >= 15 is 0 Å². The second-order valence-corrected chi connectivity index (χ2v) is 5.43. The number of rotatable bonds is 4. The first-order valence-electron chi connectivity index (χ1n) is 7.32. The molecule has 0 radical (unpaired) electrons. The number of benzene rings is 2. The summed E-state index contributed by atoms with van der Waals surface area (Å²) in [6.07, 6.45) is 5.17. The van der Waals surface area contributed by atoms with Crippen LogP contribution in [0, 0.1) is 0 Å². The Kier molecular flexibility index (Phi) is 4.99. The number of aliphatic imine (C=N–C) groups is 1. The molecule has 2 aromatic carbocycles. The SMILES string of the molecule is O=C(Nc1cccc(N=Cc2ccncc2)c1)c1ccccc1Cl. The van der Waals surface area contributed by atoms with Crippen molar-refractivity contribution in [1.82, 2.24) is 4.98 Å². The quantitative estimate of drug-likeness (QED) is 0.700. The van der Waals surface area contributed by atoms with Gasteiger partial charge < -0.3 is 5.32 Å². The summed E-state index contributed by atoms with van der Waals surface area (Å²) < 4.78 is 0. The van der Waals surface area contributed by atoms with E-state index in [2.05, 4.69) is 15.3 Å². The summed E-state index contributed by atoms with van der Waals surface area (Å²) in [5.74, 6) is -0.254. The molecule has 0 bridgehead atoms. The summed E-state index contributed by atoms with van der Waals surface area (Å²) in [6, 6.07) is 18.0. The fourth-order valence-corrected chi connectivity index (χ4v) is 2.33. The predicted octanol–water partition coefficient (Wildman–Crippen LogP) is 4.74. The highest BCUT2D eigenvalue weighted by molar-refractivity contribution is 6.34. The molecule has 0 aliphatic heterocycles. The van der Waals surface area contributed by atoms with Crippen LogP contribution in [0.15, 0.2) is 78.0 Å². The van der Waals surface area contributed by atoms with Gasteiger partial charge in [0, 0.05) is 24.3 Å². The third-order valence-corrected chi connectivity index (χ3v) is 3.62. The molecule has 0 fully saturated rings. The van der Waals surface area contributed by atoms with Crippen molar-refractivity contribution in [2.75, 3.05) is 5.32 Å². The highest BCUT2D eigenvalue weighted by Gasteiger charge is 2.09. The van der Waals surface area contributed by atoms with Gasteiger partial charge in [0.05, 0.1) is 16.3 Å². The van der Waals surface area contributed by atoms with Crippen LogP contribution in [0.2, 0.25) is 5.02 Å². The highest BCUT2D eigenvalue weighted by Crippen LogP contribution is 2.20. The zero-order chi connectivity index (χ0) is 16.8. The molecule has 3 aromatic rings. The Morgan fingerprint density at radius 3 is 2.62 bits per heavy atom. The van der Waals surface area contributed by atoms with Crippen molar-refractivity contribution in [3.8, 4) is 0 Å². The van der Waals surface area contributed by atoms with Crippen LogP contribution in [0.3, 0.4) is 0 Å². The predicted molar refractivity (Wildman–Crippen MR) is 97.3 cm³/mol. The molecular formula is C19H14ClN3O. The molecule has 1 heterocycles. The number of aromatic nitrogens is 1. The maximum absolute atomic E-state index is 12.3. The summed E-state index contributed by atoms with van der Waals surface area (Å²) in [5, 5.41) is 3.25. The number of carbonyl (C=O) groups is 1. The highest BCUT2D eigenvalue weighted by atomic mass is 35.5. The van der Waals surface area contributed by atoms with Crippen LogP contribution in [0.4, 0.5) is 11.4 Å². The average Bonchev–Trinajstić information content (AvgIpc) is 2.61. The van der Waals surface area contributed by atoms with Gasteiger partial charge in [0.15, 0.2) is 0 Å². The van der Waals surface area contributed by atoms with Crippen molar-refractivity contribution in [1.29, 1.82) is 0 Å². The Labute approximate surface area is 144 Å². The van der Waals surface area contributed by atoms with E-state index in [4.69, 9.17) is 11.6 Å². The van der Waals surface area contributed by atoms with Crippen molar-refractivity contribution in [3.63, 3.8) is 0 Å². The first kappa shape index (κ1) is 15.9. The van der Waals surface area contributed by atoms with Gasteiger partial charge in [-0.1, -0.05) is 29.8 Å². The number of anilines is 1. The van der Waals surface area contributed by atoms with E-state index in [1.165, 1.54) is 0 Å². The van der Waals surface area contributed by atoms with E-state index in [9.17, 15) is 4.79 Å². The van der Waals surface area contributed by atoms with Crippen LogP contribution in [-0.4, -0.2) is 17.1 Å². The molecule has 118 valence electrons. The van der Waals surface area contributed by atoms with Crippen LogP contribution in [0.5, 0.6) is 0 Å². The smallest absolute Gasteiger partial charge is 0.257 e. The van der Waals surface area contributed by atoms with Crippen molar-refractivity contribution in [3.05, 3.63) is 89.2 Å². The molecule has 0 atom stereocenters. The molecule has 1 amide bonds. The fourth-order valence-electron chi connectivity index (χ4n) is 2.11. The van der Waals surface area contributed by atoms with Crippen LogP contribution in [0.25, 0.3) is 0 Å². The number of nitrogens with zero attached hydrogens (tertiary/aromatic N) is 2. The third-order valence-electron chi connectivity index (χ3n) is 3.29. The van der Waals surface area contributed by atoms with Crippen molar-refractivity contribution >= 4 is 35.1 Å². The third kappa shape index (κ3) is 4.06. The Bertz CT molecular complexity index is 879. The number of halogens is 1. The standard InChI is InChI=1S/C19H14ClN3O/c20-18-7-2-1-6-17(18)19(24)23-16-5-3-4-15(12-16)22-13-14-8-10-21-11-9-14/h1-13H,(H,23,24). The second-order valence-electron chi connectivity index (χ2n) is 5.02. The van der Waals surface area contributed by atoms with Gasteiger partial charge >= 0.3 is 0 Å². The van der Waals surface area contributed by atoms with E-state index in [0.717, 1.165) is 11.3 Å². The Balaban J connectivity index is 1.75. The largest absolute Gasteiger partial charge is 0.322 e. The summed E-state index contributed by atoms with van der Waals surface area (Å²) >= 11 is 6.04. The molecule has 1 N–H and O–H groups in total. The van der Waals surface area contributed by atoms with Gasteiger partial charge in [0.2, 0.25) is 0 Å². The Morgan fingerprint density at radius 1 is 1.04 bits per heavy atom. The fraction of sp³-hybridized carbons (Fsp3) is 0. The molecule has 5 heteroatoms. The van der Waals surface area contributed by atoms with Crippen LogP contribution < -0.4 is 5.32 Å². The monoisotopic (exact) mass is 335 g/mol. The molecule has 0 saturated heterocycles. The number of nitrogens with one attached hydrogen (secondary N) is 1. The van der Waals surface area contributed by atoms with Gasteiger partial charge in [-0.15, -0.1) is 0 Å². The van der Waals surface area contributed by atoms with Gasteiger partial charge in [0.25, 0.3) is 5.91 Å². The summed E-state index contributed by atoms with van der Waals surface area (Å²) in [6.45, 7) is 0. The molecular weight excluding hydrogens is 322 g/mol. The van der Waals surface area contributed by atoms with E-state index in [-0.39, 0.29) is 5.91 Å². The van der Waals surface area contributed by atoms with Crippen LogP contribution in [-0.2, 0) is 0 Å². The Hall–Kier alpha value is -2.98. The van der Waals surface area contributed by atoms with Crippen LogP contribution in [0.1, 0.15) is 15.9 Å². The molecule has 3 rings (SSSR count). The van der Waals surface area contributed by atoms with Crippen molar-refractivity contribution in [2.45, 2.75) is 0 Å². The van der Waals surface area contributed by atoms with E-state index in [1.54, 1.807) is 55.0 Å². The number of pyridine rings is 1. The number of amides is 1. The molecule has 0 aliphatic rings. The van der Waals surface area contributed by atoms with Crippen molar-refractivity contribution in [2.24, 2.45) is 4.99 Å². The molecule has 0 unspecified atom stereocenters. The molecule has 0 spiro atoms. The maximum Gasteiger partial charge on any atom is 0.257 e. The minimum absolute atomic E-state index is 0.254. The van der Waals surface area contributed by atoms with Gasteiger partial charge in [-0.25, -0.2) is 0 Å². The van der Waals surface area contributed by atoms with Gasteiger partial charge in [-0.3, -0.25) is 14.8 Å². The number of carbonyl (C=O) groups excluding carboxylic acids is 1. The number of hydrogen-bond acceptors (Lipinski definition) is 3. The minimum atomic E-state index is -0.254. The molecule has 4 nitrogen and oxygen atoms in total. The zero-order valence-corrected chi connectivity index (χ0v) is 13.4. The maximum atomic E-state index is 12.3. The van der Waals surface area contributed by atoms with Crippen molar-refractivity contribution < 1.29 is 4.79 Å². The lowest BCUT2D eigenvalue weighted by Gasteiger charge is -2.07. The van der Waals surface area contributed by atoms with E-state index in [0.29, 0.717) is 16.3 Å². The molecule has 1 aromatic heterocycles. The normalized spacial score (nSPS) is 10.7. The van der Waals surface area contributed by atoms with Gasteiger partial charge in [0.1, 0.15) is 0 Å². The topological polar surface area (TPSA) is 54.4 Å². The number of hydrogen-bond donors (Lipinski definition) is 1. The first-order valence-corrected chi connectivity index (χ1v) is 7.70. The molecule has 0 aliphatic carbocycles. The van der Waals surface area contributed by atoms with Gasteiger partial charge in [-0.2, -0.15) is 0 Å². The first-order chi connectivity index (χ1) is 11.7.